The first-order chi connectivity index (χ1) is 8.70. The van der Waals surface area contributed by atoms with Gasteiger partial charge in [-0.15, -0.1) is 0 Å². The van der Waals surface area contributed by atoms with Gasteiger partial charge >= 0.3 is 0 Å². The number of rotatable bonds is 3. The van der Waals surface area contributed by atoms with Crippen LogP contribution in [0.25, 0.3) is 0 Å². The molecule has 1 fully saturated rings. The van der Waals surface area contributed by atoms with Crippen LogP contribution in [0.3, 0.4) is 0 Å². The number of aromatic nitrogens is 1. The molecule has 1 aliphatic rings. The summed E-state index contributed by atoms with van der Waals surface area (Å²) in [5, 5.41) is 6.05. The summed E-state index contributed by atoms with van der Waals surface area (Å²) in [4.78, 5) is 16.4. The molecule has 1 aromatic heterocycles. The number of amides is 1. The summed E-state index contributed by atoms with van der Waals surface area (Å²) < 4.78 is 0.815. The Morgan fingerprint density at radius 1 is 1.39 bits per heavy atom. The fourth-order valence-electron chi connectivity index (χ4n) is 2.32. The lowest BCUT2D eigenvalue weighted by Crippen LogP contribution is -2.36. The van der Waals surface area contributed by atoms with E-state index in [1.165, 1.54) is 19.3 Å². The van der Waals surface area contributed by atoms with E-state index in [4.69, 9.17) is 0 Å². The lowest BCUT2D eigenvalue weighted by molar-refractivity contribution is 0.0928. The fourth-order valence-corrected chi connectivity index (χ4v) is 2.65. The van der Waals surface area contributed by atoms with Crippen LogP contribution in [0.4, 0.5) is 5.82 Å². The maximum Gasteiger partial charge on any atom is 0.255 e. The van der Waals surface area contributed by atoms with Crippen LogP contribution in [-0.4, -0.2) is 24.0 Å². The highest BCUT2D eigenvalue weighted by atomic mass is 79.9. The number of carbonyl (C=O) groups excluding carboxylic acids is 1. The summed E-state index contributed by atoms with van der Waals surface area (Å²) in [5.74, 6) is 0.576. The van der Waals surface area contributed by atoms with Crippen LogP contribution in [0.1, 0.15) is 42.5 Å². The highest BCUT2D eigenvalue weighted by Gasteiger charge is 2.19. The summed E-state index contributed by atoms with van der Waals surface area (Å²) in [5.41, 5.74) is 0.595. The normalized spacial score (nSPS) is 16.3. The molecule has 1 saturated carbocycles. The molecule has 4 nitrogen and oxygen atoms in total. The predicted molar refractivity (Wildman–Crippen MR) is 75.8 cm³/mol. The van der Waals surface area contributed by atoms with Gasteiger partial charge in [-0.2, -0.15) is 0 Å². The molecule has 0 aromatic carbocycles. The second kappa shape index (κ2) is 6.18. The fraction of sp³-hybridized carbons (Fsp3) is 0.538. The Labute approximate surface area is 116 Å². The number of anilines is 1. The van der Waals surface area contributed by atoms with Crippen LogP contribution in [-0.2, 0) is 0 Å². The van der Waals surface area contributed by atoms with Crippen LogP contribution < -0.4 is 10.6 Å². The topological polar surface area (TPSA) is 54.0 Å². The van der Waals surface area contributed by atoms with Crippen molar-refractivity contribution in [1.29, 1.82) is 0 Å². The molecular weight excluding hydrogens is 294 g/mol. The molecule has 0 aliphatic heterocycles. The number of hydrogen-bond acceptors (Lipinski definition) is 3. The van der Waals surface area contributed by atoms with Crippen LogP contribution >= 0.6 is 15.9 Å². The van der Waals surface area contributed by atoms with Crippen LogP contribution in [0.5, 0.6) is 0 Å². The monoisotopic (exact) mass is 311 g/mol. The van der Waals surface area contributed by atoms with E-state index >= 15 is 0 Å². The van der Waals surface area contributed by atoms with E-state index in [0.717, 1.165) is 17.3 Å². The average Bonchev–Trinajstić information content (AvgIpc) is 2.40. The molecule has 5 heteroatoms. The van der Waals surface area contributed by atoms with Crippen molar-refractivity contribution in [2.45, 2.75) is 38.1 Å². The van der Waals surface area contributed by atoms with E-state index in [2.05, 4.69) is 31.5 Å². The van der Waals surface area contributed by atoms with Crippen LogP contribution in [0, 0.1) is 0 Å². The first kappa shape index (κ1) is 13.3. The predicted octanol–water partition coefficient (Wildman–Crippen LogP) is 2.95. The highest BCUT2D eigenvalue weighted by molar-refractivity contribution is 9.10. The minimum atomic E-state index is -0.0416. The Kier molecular flexibility index (Phi) is 4.58. The number of pyridine rings is 1. The molecule has 0 atom stereocenters. The van der Waals surface area contributed by atoms with E-state index in [1.54, 1.807) is 19.3 Å². The zero-order chi connectivity index (χ0) is 13.0. The van der Waals surface area contributed by atoms with Crippen molar-refractivity contribution in [3.05, 3.63) is 22.3 Å². The highest BCUT2D eigenvalue weighted by Crippen LogP contribution is 2.20. The van der Waals surface area contributed by atoms with Crippen molar-refractivity contribution in [3.63, 3.8) is 0 Å². The molecule has 2 rings (SSSR count). The van der Waals surface area contributed by atoms with Gasteiger partial charge < -0.3 is 10.6 Å². The van der Waals surface area contributed by atoms with Crippen molar-refractivity contribution in [2.24, 2.45) is 0 Å². The molecule has 0 bridgehead atoms. The lowest BCUT2D eigenvalue weighted by atomic mass is 9.95. The third kappa shape index (κ3) is 3.22. The summed E-state index contributed by atoms with van der Waals surface area (Å²) in [6, 6.07) is 2.12. The SMILES string of the molecule is CNc1ncc(Br)cc1C(=O)NC1CCCCC1. The zero-order valence-corrected chi connectivity index (χ0v) is 12.1. The second-order valence-electron chi connectivity index (χ2n) is 4.61. The third-order valence-corrected chi connectivity index (χ3v) is 3.71. The molecular formula is C13H18BrN3O. The van der Waals surface area contributed by atoms with Gasteiger partial charge in [-0.25, -0.2) is 4.98 Å². The van der Waals surface area contributed by atoms with E-state index in [-0.39, 0.29) is 5.91 Å². The van der Waals surface area contributed by atoms with Crippen LogP contribution in [0.2, 0.25) is 0 Å². The van der Waals surface area contributed by atoms with E-state index in [1.807, 2.05) is 0 Å². The van der Waals surface area contributed by atoms with Crippen LogP contribution in [0.15, 0.2) is 16.7 Å². The molecule has 1 amide bonds. The third-order valence-electron chi connectivity index (χ3n) is 3.28. The van der Waals surface area contributed by atoms with Gasteiger partial charge in [0.15, 0.2) is 0 Å². The smallest absolute Gasteiger partial charge is 0.255 e. The first-order valence-electron chi connectivity index (χ1n) is 6.35. The molecule has 1 heterocycles. The van der Waals surface area contributed by atoms with Crippen molar-refractivity contribution < 1.29 is 4.79 Å². The number of nitrogens with one attached hydrogen (secondary N) is 2. The average molecular weight is 312 g/mol. The van der Waals surface area contributed by atoms with Crippen molar-refractivity contribution in [3.8, 4) is 0 Å². The lowest BCUT2D eigenvalue weighted by Gasteiger charge is -2.23. The van der Waals surface area contributed by atoms with Crippen molar-refractivity contribution in [1.82, 2.24) is 10.3 Å². The molecule has 1 aliphatic carbocycles. The zero-order valence-electron chi connectivity index (χ0n) is 10.5. The molecule has 98 valence electrons. The van der Waals surface area contributed by atoms with Gasteiger partial charge in [0.05, 0.1) is 5.56 Å². The Morgan fingerprint density at radius 3 is 2.78 bits per heavy atom. The summed E-state index contributed by atoms with van der Waals surface area (Å²) in [6.45, 7) is 0. The molecule has 0 spiro atoms. The first-order valence-corrected chi connectivity index (χ1v) is 7.14. The van der Waals surface area contributed by atoms with Gasteiger partial charge in [-0.1, -0.05) is 19.3 Å². The Balaban J connectivity index is 2.09. The summed E-state index contributed by atoms with van der Waals surface area (Å²) in [6.07, 6.45) is 7.56. The van der Waals surface area contributed by atoms with E-state index in [9.17, 15) is 4.79 Å². The molecule has 1 aromatic rings. The Hall–Kier alpha value is -1.10. The minimum absolute atomic E-state index is 0.0416. The molecule has 0 radical (unpaired) electrons. The number of carbonyl (C=O) groups is 1. The number of hydrogen-bond donors (Lipinski definition) is 2. The maximum absolute atomic E-state index is 12.2. The van der Waals surface area contributed by atoms with Gasteiger partial charge in [0.2, 0.25) is 0 Å². The summed E-state index contributed by atoms with van der Waals surface area (Å²) in [7, 11) is 1.77. The largest absolute Gasteiger partial charge is 0.372 e. The Morgan fingerprint density at radius 2 is 2.11 bits per heavy atom. The standard InChI is InChI=1S/C13H18BrN3O/c1-15-12-11(7-9(14)8-16-12)13(18)17-10-5-3-2-4-6-10/h7-8,10H,2-6H2,1H3,(H,15,16)(H,17,18). The Bertz CT molecular complexity index is 430. The quantitative estimate of drug-likeness (QED) is 0.902. The van der Waals surface area contributed by atoms with Gasteiger partial charge in [-0.05, 0) is 34.8 Å². The van der Waals surface area contributed by atoms with Gasteiger partial charge in [0.25, 0.3) is 5.91 Å². The molecule has 18 heavy (non-hydrogen) atoms. The second-order valence-corrected chi connectivity index (χ2v) is 5.52. The van der Waals surface area contributed by atoms with Gasteiger partial charge in [0.1, 0.15) is 5.82 Å². The molecule has 0 saturated heterocycles. The maximum atomic E-state index is 12.2. The summed E-state index contributed by atoms with van der Waals surface area (Å²) >= 11 is 3.35. The number of nitrogens with zero attached hydrogens (tertiary/aromatic N) is 1. The van der Waals surface area contributed by atoms with E-state index in [0.29, 0.717) is 17.4 Å². The number of halogens is 1. The van der Waals surface area contributed by atoms with Crippen molar-refractivity contribution >= 4 is 27.7 Å². The van der Waals surface area contributed by atoms with Gasteiger partial charge in [-0.3, -0.25) is 4.79 Å². The minimum Gasteiger partial charge on any atom is -0.372 e. The molecule has 2 N–H and O–H groups in total. The van der Waals surface area contributed by atoms with Crippen molar-refractivity contribution in [2.75, 3.05) is 12.4 Å². The van der Waals surface area contributed by atoms with Gasteiger partial charge in [0, 0.05) is 23.8 Å². The molecule has 0 unspecified atom stereocenters. The van der Waals surface area contributed by atoms with E-state index < -0.39 is 0 Å².